The van der Waals surface area contributed by atoms with Crippen LogP contribution in [0.2, 0.25) is 0 Å². The molecule has 1 aromatic heterocycles. The summed E-state index contributed by atoms with van der Waals surface area (Å²) in [6.45, 7) is 2.15. The highest BCUT2D eigenvalue weighted by molar-refractivity contribution is 7.10. The molecule has 0 radical (unpaired) electrons. The highest BCUT2D eigenvalue weighted by Crippen LogP contribution is 2.10. The van der Waals surface area contributed by atoms with Crippen molar-refractivity contribution in [1.82, 2.24) is 0 Å². The van der Waals surface area contributed by atoms with Crippen LogP contribution in [0, 0.1) is 0 Å². The minimum atomic E-state index is 1.05. The smallest absolute Gasteiger partial charge is 0.0267 e. The monoisotopic (exact) mass is 178 g/mol. The molecule has 0 aliphatic heterocycles. The molecule has 1 rings (SSSR count). The zero-order valence-electron chi connectivity index (χ0n) is 7.36. The van der Waals surface area contributed by atoms with E-state index < -0.39 is 0 Å². The summed E-state index contributed by atoms with van der Waals surface area (Å²) in [6.07, 6.45) is 10.9. The van der Waals surface area contributed by atoms with Crippen LogP contribution in [0.5, 0.6) is 0 Å². The van der Waals surface area contributed by atoms with Crippen LogP contribution >= 0.6 is 11.3 Å². The number of hydrogen-bond acceptors (Lipinski definition) is 1. The van der Waals surface area contributed by atoms with Crippen molar-refractivity contribution in [2.45, 2.75) is 19.8 Å². The van der Waals surface area contributed by atoms with E-state index in [1.54, 1.807) is 11.3 Å². The highest BCUT2D eigenvalue weighted by Gasteiger charge is 1.82. The minimum absolute atomic E-state index is 1.05. The molecule has 0 spiro atoms. The van der Waals surface area contributed by atoms with Crippen LogP contribution in [0.1, 0.15) is 24.6 Å². The Morgan fingerprint density at radius 3 is 2.92 bits per heavy atom. The fraction of sp³-hybridized carbons (Fsp3) is 0.273. The molecule has 0 atom stereocenters. The van der Waals surface area contributed by atoms with Gasteiger partial charge in [0.05, 0.1) is 0 Å². The van der Waals surface area contributed by atoms with E-state index in [1.807, 2.05) is 0 Å². The summed E-state index contributed by atoms with van der Waals surface area (Å²) in [5, 5.41) is 2.10. The molecule has 1 heteroatoms. The van der Waals surface area contributed by atoms with Gasteiger partial charge >= 0.3 is 0 Å². The van der Waals surface area contributed by atoms with Gasteiger partial charge in [0.25, 0.3) is 0 Å². The van der Waals surface area contributed by atoms with Crippen LogP contribution in [0.4, 0.5) is 0 Å². The fourth-order valence-electron chi connectivity index (χ4n) is 0.912. The molecular formula is C11H14S. The first-order chi connectivity index (χ1) is 5.93. The van der Waals surface area contributed by atoms with Crippen molar-refractivity contribution in [1.29, 1.82) is 0 Å². The number of rotatable bonds is 4. The van der Waals surface area contributed by atoms with Crippen molar-refractivity contribution in [2.24, 2.45) is 0 Å². The first-order valence-corrected chi connectivity index (χ1v) is 5.16. The van der Waals surface area contributed by atoms with Gasteiger partial charge in [-0.1, -0.05) is 31.2 Å². The lowest BCUT2D eigenvalue weighted by Crippen LogP contribution is -1.59. The maximum Gasteiger partial charge on any atom is 0.0267 e. The Kier molecular flexibility index (Phi) is 4.47. The van der Waals surface area contributed by atoms with E-state index in [2.05, 4.69) is 48.7 Å². The summed E-state index contributed by atoms with van der Waals surface area (Å²) >= 11 is 1.78. The molecule has 0 nitrogen and oxygen atoms in total. The van der Waals surface area contributed by atoms with E-state index in [1.165, 1.54) is 4.88 Å². The molecular weight excluding hydrogens is 164 g/mol. The van der Waals surface area contributed by atoms with Crippen molar-refractivity contribution >= 4 is 17.4 Å². The second-order valence-corrected chi connectivity index (χ2v) is 3.51. The summed E-state index contributed by atoms with van der Waals surface area (Å²) in [5.74, 6) is 0. The van der Waals surface area contributed by atoms with Crippen LogP contribution in [0.15, 0.2) is 35.7 Å². The third-order valence-electron chi connectivity index (χ3n) is 1.50. The lowest BCUT2D eigenvalue weighted by Gasteiger charge is -1.82. The van der Waals surface area contributed by atoms with Crippen LogP contribution in [0.25, 0.3) is 6.08 Å². The maximum atomic E-state index is 2.20. The number of thiophene rings is 1. The van der Waals surface area contributed by atoms with Crippen LogP contribution < -0.4 is 0 Å². The summed E-state index contributed by atoms with van der Waals surface area (Å²) in [7, 11) is 0. The van der Waals surface area contributed by atoms with Gasteiger partial charge in [0.15, 0.2) is 0 Å². The molecule has 64 valence electrons. The molecule has 0 aliphatic rings. The van der Waals surface area contributed by atoms with Gasteiger partial charge in [-0.3, -0.25) is 0 Å². The summed E-state index contributed by atoms with van der Waals surface area (Å²) in [4.78, 5) is 1.33. The molecule has 0 bridgehead atoms. The second-order valence-electron chi connectivity index (χ2n) is 2.53. The van der Waals surface area contributed by atoms with Gasteiger partial charge in [0, 0.05) is 4.88 Å². The molecule has 0 aliphatic carbocycles. The first kappa shape index (κ1) is 9.27. The maximum absolute atomic E-state index is 2.20. The number of hydrogen-bond donors (Lipinski definition) is 0. The van der Waals surface area contributed by atoms with Gasteiger partial charge in [0.1, 0.15) is 0 Å². The van der Waals surface area contributed by atoms with Crippen LogP contribution in [-0.2, 0) is 0 Å². The highest BCUT2D eigenvalue weighted by atomic mass is 32.1. The lowest BCUT2D eigenvalue weighted by atomic mass is 10.3. The Labute approximate surface area is 78.2 Å². The SMILES string of the molecule is CCC=CCC=Cc1cccs1. The molecule has 0 unspecified atom stereocenters. The van der Waals surface area contributed by atoms with Gasteiger partial charge < -0.3 is 0 Å². The standard InChI is InChI=1S/C11H14S/c1-2-3-4-5-6-8-11-9-7-10-12-11/h3-4,6-10H,2,5H2,1H3. The predicted octanol–water partition coefficient (Wildman–Crippen LogP) is 4.12. The van der Waals surface area contributed by atoms with Gasteiger partial charge in [0.2, 0.25) is 0 Å². The van der Waals surface area contributed by atoms with Gasteiger partial charge in [-0.05, 0) is 30.4 Å². The summed E-state index contributed by atoms with van der Waals surface area (Å²) in [6, 6.07) is 4.21. The number of allylic oxidation sites excluding steroid dienone is 3. The Morgan fingerprint density at radius 2 is 2.25 bits per heavy atom. The van der Waals surface area contributed by atoms with Gasteiger partial charge in [-0.25, -0.2) is 0 Å². The summed E-state index contributed by atoms with van der Waals surface area (Å²) < 4.78 is 0. The molecule has 1 aromatic rings. The van der Waals surface area contributed by atoms with E-state index in [0.717, 1.165) is 12.8 Å². The lowest BCUT2D eigenvalue weighted by molar-refractivity contribution is 1.20. The van der Waals surface area contributed by atoms with E-state index in [9.17, 15) is 0 Å². The molecule has 0 N–H and O–H groups in total. The van der Waals surface area contributed by atoms with Crippen molar-refractivity contribution in [3.05, 3.63) is 40.6 Å². The largest absolute Gasteiger partial charge is 0.144 e. The van der Waals surface area contributed by atoms with Gasteiger partial charge in [-0.15, -0.1) is 11.3 Å². The topological polar surface area (TPSA) is 0 Å². The zero-order valence-corrected chi connectivity index (χ0v) is 8.18. The van der Waals surface area contributed by atoms with E-state index in [-0.39, 0.29) is 0 Å². The minimum Gasteiger partial charge on any atom is -0.144 e. The predicted molar refractivity (Wildman–Crippen MR) is 57.4 cm³/mol. The van der Waals surface area contributed by atoms with Crippen molar-refractivity contribution < 1.29 is 0 Å². The average molecular weight is 178 g/mol. The van der Waals surface area contributed by atoms with Gasteiger partial charge in [-0.2, -0.15) is 0 Å². The van der Waals surface area contributed by atoms with Crippen molar-refractivity contribution in [3.8, 4) is 0 Å². The fourth-order valence-corrected chi connectivity index (χ4v) is 1.56. The molecule has 12 heavy (non-hydrogen) atoms. The Hall–Kier alpha value is -0.820. The normalized spacial score (nSPS) is 11.8. The third kappa shape index (κ3) is 3.54. The molecule has 0 saturated carbocycles. The molecule has 0 fully saturated rings. The Bertz CT molecular complexity index is 242. The van der Waals surface area contributed by atoms with Crippen LogP contribution in [0.3, 0.4) is 0 Å². The van der Waals surface area contributed by atoms with Crippen molar-refractivity contribution in [2.75, 3.05) is 0 Å². The molecule has 0 aromatic carbocycles. The Morgan fingerprint density at radius 1 is 1.33 bits per heavy atom. The quantitative estimate of drug-likeness (QED) is 0.608. The molecule has 0 saturated heterocycles. The van der Waals surface area contributed by atoms with Crippen molar-refractivity contribution in [3.63, 3.8) is 0 Å². The molecule has 1 heterocycles. The zero-order chi connectivity index (χ0) is 8.65. The van der Waals surface area contributed by atoms with E-state index >= 15 is 0 Å². The van der Waals surface area contributed by atoms with Crippen LogP contribution in [-0.4, -0.2) is 0 Å². The Balaban J connectivity index is 2.27. The second kappa shape index (κ2) is 5.78. The first-order valence-electron chi connectivity index (χ1n) is 4.28. The summed E-state index contributed by atoms with van der Waals surface area (Å²) in [5.41, 5.74) is 0. The third-order valence-corrected chi connectivity index (χ3v) is 2.34. The van der Waals surface area contributed by atoms with E-state index in [0.29, 0.717) is 0 Å². The van der Waals surface area contributed by atoms with E-state index in [4.69, 9.17) is 0 Å². The average Bonchev–Trinajstić information content (AvgIpc) is 2.57. The molecule has 0 amide bonds.